The van der Waals surface area contributed by atoms with E-state index in [0.717, 1.165) is 16.7 Å². The Balaban J connectivity index is 2.70. The van der Waals surface area contributed by atoms with Gasteiger partial charge < -0.3 is 4.74 Å². The molecule has 0 amide bonds. The van der Waals surface area contributed by atoms with Crippen LogP contribution < -0.4 is 0 Å². The molecule has 0 spiro atoms. The largest absolute Gasteiger partial charge is 0.495 e. The lowest BCUT2D eigenvalue weighted by Gasteiger charge is -2.08. The number of allylic oxidation sites excluding steroid dienone is 4. The molecule has 18 heavy (non-hydrogen) atoms. The maximum Gasteiger partial charge on any atom is 0.144 e. The standard InChI is InChI=1S/C14H15N3O/c1-4-8-13(14(5-2)18-3)17-12-10-7-6-9-11(12)15-16-17/h4-10H,2H2,1,3H3/b8-4-,14-13-. The van der Waals surface area contributed by atoms with Crippen molar-refractivity contribution in [1.82, 2.24) is 15.0 Å². The molecule has 1 aromatic heterocycles. The highest BCUT2D eigenvalue weighted by molar-refractivity contribution is 5.80. The summed E-state index contributed by atoms with van der Waals surface area (Å²) in [5.74, 6) is 0.656. The van der Waals surface area contributed by atoms with E-state index in [4.69, 9.17) is 4.74 Å². The monoisotopic (exact) mass is 241 g/mol. The number of nitrogens with zero attached hydrogens (tertiary/aromatic N) is 3. The number of benzene rings is 1. The number of para-hydroxylation sites is 1. The molecule has 1 heterocycles. The molecule has 4 nitrogen and oxygen atoms in total. The lowest BCUT2D eigenvalue weighted by atomic mass is 10.2. The van der Waals surface area contributed by atoms with E-state index in [1.165, 1.54) is 0 Å². The summed E-state index contributed by atoms with van der Waals surface area (Å²) in [6.07, 6.45) is 5.50. The molecule has 0 radical (unpaired) electrons. The highest BCUT2D eigenvalue weighted by Crippen LogP contribution is 2.19. The van der Waals surface area contributed by atoms with Crippen LogP contribution in [0.5, 0.6) is 0 Å². The van der Waals surface area contributed by atoms with Crippen molar-refractivity contribution < 1.29 is 4.74 Å². The number of hydrogen-bond donors (Lipinski definition) is 0. The van der Waals surface area contributed by atoms with Crippen molar-refractivity contribution >= 4 is 16.7 Å². The maximum atomic E-state index is 5.31. The molecule has 4 heteroatoms. The smallest absolute Gasteiger partial charge is 0.144 e. The van der Waals surface area contributed by atoms with Gasteiger partial charge in [-0.15, -0.1) is 5.10 Å². The highest BCUT2D eigenvalue weighted by Gasteiger charge is 2.10. The van der Waals surface area contributed by atoms with Crippen LogP contribution in [-0.4, -0.2) is 22.1 Å². The first kappa shape index (κ1) is 12.1. The molecule has 92 valence electrons. The fourth-order valence-corrected chi connectivity index (χ4v) is 1.75. The maximum absolute atomic E-state index is 5.31. The zero-order chi connectivity index (χ0) is 13.0. The summed E-state index contributed by atoms with van der Waals surface area (Å²) in [5, 5.41) is 8.29. The summed E-state index contributed by atoms with van der Waals surface area (Å²) in [5.41, 5.74) is 2.59. The van der Waals surface area contributed by atoms with Gasteiger partial charge in [-0.2, -0.15) is 0 Å². The van der Waals surface area contributed by atoms with Gasteiger partial charge in [0, 0.05) is 0 Å². The van der Waals surface area contributed by atoms with Crippen LogP contribution in [-0.2, 0) is 4.74 Å². The lowest BCUT2D eigenvalue weighted by molar-refractivity contribution is 0.307. The van der Waals surface area contributed by atoms with Gasteiger partial charge in [0.2, 0.25) is 0 Å². The second kappa shape index (κ2) is 5.31. The number of methoxy groups -OCH3 is 1. The predicted molar refractivity (Wildman–Crippen MR) is 72.8 cm³/mol. The van der Waals surface area contributed by atoms with Gasteiger partial charge in [-0.1, -0.05) is 30.0 Å². The molecule has 0 aliphatic rings. The SMILES string of the molecule is C=C/C(OC)=C(\C=C/C)n1nnc2ccccc21. The van der Waals surface area contributed by atoms with E-state index in [1.54, 1.807) is 17.9 Å². The average molecular weight is 241 g/mol. The molecule has 0 aliphatic carbocycles. The fraction of sp³-hybridized carbons (Fsp3) is 0.143. The molecule has 0 saturated heterocycles. The van der Waals surface area contributed by atoms with Crippen LogP contribution in [0, 0.1) is 0 Å². The van der Waals surface area contributed by atoms with Crippen molar-refractivity contribution in [2.45, 2.75) is 6.92 Å². The topological polar surface area (TPSA) is 39.9 Å². The zero-order valence-electron chi connectivity index (χ0n) is 10.5. The molecule has 0 aliphatic heterocycles. The number of hydrogen-bond acceptors (Lipinski definition) is 3. The molecular formula is C14H15N3O. The summed E-state index contributed by atoms with van der Waals surface area (Å²) in [7, 11) is 1.61. The molecule has 0 unspecified atom stereocenters. The Bertz CT molecular complexity index is 623. The molecule has 2 aromatic rings. The van der Waals surface area contributed by atoms with Crippen molar-refractivity contribution in [2.24, 2.45) is 0 Å². The van der Waals surface area contributed by atoms with Gasteiger partial charge in [0.15, 0.2) is 0 Å². The number of aromatic nitrogens is 3. The third-order valence-electron chi connectivity index (χ3n) is 2.56. The minimum absolute atomic E-state index is 0.656. The van der Waals surface area contributed by atoms with Crippen molar-refractivity contribution in [2.75, 3.05) is 7.11 Å². The quantitative estimate of drug-likeness (QED) is 0.610. The summed E-state index contributed by atoms with van der Waals surface area (Å²) in [6.45, 7) is 5.69. The van der Waals surface area contributed by atoms with E-state index < -0.39 is 0 Å². The van der Waals surface area contributed by atoms with Crippen molar-refractivity contribution in [1.29, 1.82) is 0 Å². The molecule has 0 saturated carbocycles. The number of ether oxygens (including phenoxy) is 1. The lowest BCUT2D eigenvalue weighted by Crippen LogP contribution is -2.01. The van der Waals surface area contributed by atoms with Gasteiger partial charge in [-0.25, -0.2) is 4.68 Å². The van der Waals surface area contributed by atoms with Crippen LogP contribution in [0.3, 0.4) is 0 Å². The Morgan fingerprint density at radius 3 is 2.83 bits per heavy atom. The van der Waals surface area contributed by atoms with Gasteiger partial charge in [0.05, 0.1) is 12.6 Å². The Kier molecular flexibility index (Phi) is 3.57. The minimum atomic E-state index is 0.656. The van der Waals surface area contributed by atoms with E-state index in [1.807, 2.05) is 43.3 Å². The van der Waals surface area contributed by atoms with E-state index in [0.29, 0.717) is 5.76 Å². The van der Waals surface area contributed by atoms with Crippen molar-refractivity contribution in [3.8, 4) is 0 Å². The van der Waals surface area contributed by atoms with Gasteiger partial charge >= 0.3 is 0 Å². The molecule has 0 atom stereocenters. The fourth-order valence-electron chi connectivity index (χ4n) is 1.75. The molecular weight excluding hydrogens is 226 g/mol. The third-order valence-corrected chi connectivity index (χ3v) is 2.56. The number of rotatable bonds is 4. The van der Waals surface area contributed by atoms with E-state index in [9.17, 15) is 0 Å². The first-order valence-electron chi connectivity index (χ1n) is 5.66. The van der Waals surface area contributed by atoms with Crippen LogP contribution in [0.1, 0.15) is 6.92 Å². The first-order chi connectivity index (χ1) is 8.81. The minimum Gasteiger partial charge on any atom is -0.495 e. The highest BCUT2D eigenvalue weighted by atomic mass is 16.5. The first-order valence-corrected chi connectivity index (χ1v) is 5.66. The molecule has 0 N–H and O–H groups in total. The van der Waals surface area contributed by atoms with E-state index in [-0.39, 0.29) is 0 Å². The van der Waals surface area contributed by atoms with Crippen molar-refractivity contribution in [3.05, 3.63) is 54.8 Å². The Hall–Kier alpha value is -2.36. The normalized spacial score (nSPS) is 12.8. The van der Waals surface area contributed by atoms with Gasteiger partial charge in [0.25, 0.3) is 0 Å². The molecule has 1 aromatic carbocycles. The Labute approximate surface area is 106 Å². The Morgan fingerprint density at radius 2 is 2.17 bits per heavy atom. The third kappa shape index (κ3) is 2.05. The summed E-state index contributed by atoms with van der Waals surface area (Å²) < 4.78 is 7.05. The molecule has 2 rings (SSSR count). The molecule has 0 bridgehead atoms. The van der Waals surface area contributed by atoms with Gasteiger partial charge in [0.1, 0.15) is 17.0 Å². The summed E-state index contributed by atoms with van der Waals surface area (Å²) >= 11 is 0. The van der Waals surface area contributed by atoms with Gasteiger partial charge in [-0.3, -0.25) is 0 Å². The van der Waals surface area contributed by atoms with Crippen LogP contribution >= 0.6 is 0 Å². The summed E-state index contributed by atoms with van der Waals surface area (Å²) in [6, 6.07) is 7.78. The van der Waals surface area contributed by atoms with Crippen LogP contribution in [0.4, 0.5) is 0 Å². The average Bonchev–Trinajstić information content (AvgIpc) is 2.83. The van der Waals surface area contributed by atoms with Crippen LogP contribution in [0.2, 0.25) is 0 Å². The molecule has 0 fully saturated rings. The van der Waals surface area contributed by atoms with E-state index in [2.05, 4.69) is 16.9 Å². The van der Waals surface area contributed by atoms with Crippen LogP contribution in [0.25, 0.3) is 16.7 Å². The van der Waals surface area contributed by atoms with Crippen molar-refractivity contribution in [3.63, 3.8) is 0 Å². The van der Waals surface area contributed by atoms with Crippen LogP contribution in [0.15, 0.2) is 54.8 Å². The second-order valence-corrected chi connectivity index (χ2v) is 3.65. The Morgan fingerprint density at radius 1 is 1.39 bits per heavy atom. The second-order valence-electron chi connectivity index (χ2n) is 3.65. The van der Waals surface area contributed by atoms with E-state index >= 15 is 0 Å². The summed E-state index contributed by atoms with van der Waals surface area (Å²) in [4.78, 5) is 0. The van der Waals surface area contributed by atoms with Gasteiger partial charge in [-0.05, 0) is 31.2 Å². The predicted octanol–water partition coefficient (Wildman–Crippen LogP) is 3.01. The number of fused-ring (bicyclic) bond motifs is 1. The zero-order valence-corrected chi connectivity index (χ0v) is 10.5.